The van der Waals surface area contributed by atoms with Crippen molar-refractivity contribution in [1.29, 1.82) is 0 Å². The Hall–Kier alpha value is -1.63. The van der Waals surface area contributed by atoms with Gasteiger partial charge < -0.3 is 14.5 Å². The molecule has 0 saturated carbocycles. The predicted molar refractivity (Wildman–Crippen MR) is 97.3 cm³/mol. The van der Waals surface area contributed by atoms with Crippen LogP contribution in [-0.4, -0.2) is 57.2 Å². The third kappa shape index (κ3) is 4.51. The van der Waals surface area contributed by atoms with Crippen LogP contribution in [0, 0.1) is 13.8 Å². The fraction of sp³-hybridized carbons (Fsp3) is 0.632. The van der Waals surface area contributed by atoms with Crippen molar-refractivity contribution in [3.8, 4) is 0 Å². The van der Waals surface area contributed by atoms with E-state index in [1.165, 1.54) is 5.69 Å². The van der Waals surface area contributed by atoms with Crippen LogP contribution in [0.3, 0.4) is 0 Å². The number of nitrogens with zero attached hydrogens (tertiary/aromatic N) is 3. The number of hydrogen-bond donors (Lipinski definition) is 2. The highest BCUT2D eigenvalue weighted by Crippen LogP contribution is 2.20. The number of aromatic nitrogens is 2. The van der Waals surface area contributed by atoms with Gasteiger partial charge in [-0.15, -0.1) is 0 Å². The average Bonchev–Trinajstić information content (AvgIpc) is 3.16. The van der Waals surface area contributed by atoms with Crippen LogP contribution < -0.4 is 0 Å². The van der Waals surface area contributed by atoms with E-state index >= 15 is 0 Å². The Kier molecular flexibility index (Phi) is 5.93. The van der Waals surface area contributed by atoms with Gasteiger partial charge in [0.05, 0.1) is 12.2 Å². The number of H-pyrrole nitrogens is 1. The molecule has 0 radical (unpaired) electrons. The molecule has 1 aliphatic rings. The maximum Gasteiger partial charge on any atom is 0.118 e. The van der Waals surface area contributed by atoms with Crippen molar-refractivity contribution >= 4 is 0 Å². The predicted octanol–water partition coefficient (Wildman–Crippen LogP) is 2.25. The number of nitrogens with one attached hydrogen (secondary N) is 1. The van der Waals surface area contributed by atoms with E-state index in [0.29, 0.717) is 6.04 Å². The highest BCUT2D eigenvalue weighted by molar-refractivity contribution is 5.13. The number of imidazole rings is 1. The second kappa shape index (κ2) is 8.17. The average molecular weight is 346 g/mol. The molecule has 1 fully saturated rings. The number of furan rings is 1. The van der Waals surface area contributed by atoms with E-state index < -0.39 is 0 Å². The van der Waals surface area contributed by atoms with E-state index in [9.17, 15) is 5.11 Å². The first-order chi connectivity index (χ1) is 12.1. The van der Waals surface area contributed by atoms with Gasteiger partial charge in [0, 0.05) is 50.9 Å². The minimum Gasteiger partial charge on any atom is -0.465 e. The monoisotopic (exact) mass is 346 g/mol. The largest absolute Gasteiger partial charge is 0.465 e. The second-order valence-electron chi connectivity index (χ2n) is 6.99. The summed E-state index contributed by atoms with van der Waals surface area (Å²) >= 11 is 0. The van der Waals surface area contributed by atoms with E-state index in [0.717, 1.165) is 68.6 Å². The van der Waals surface area contributed by atoms with Crippen LogP contribution in [0.2, 0.25) is 0 Å². The summed E-state index contributed by atoms with van der Waals surface area (Å²) in [6.07, 6.45) is 1.72. The fourth-order valence-corrected chi connectivity index (χ4v) is 3.60. The van der Waals surface area contributed by atoms with Crippen LogP contribution in [0.15, 0.2) is 16.5 Å². The molecule has 2 N–H and O–H groups in total. The SMILES string of the molecule is CCc1nc(CN2CCN(Cc3ccc(C)o3)[C@H](CCO)C2)c(C)[nH]1. The minimum absolute atomic E-state index is 0.216. The maximum atomic E-state index is 9.48. The van der Waals surface area contributed by atoms with Crippen LogP contribution in [0.1, 0.15) is 42.1 Å². The lowest BCUT2D eigenvalue weighted by molar-refractivity contribution is 0.0448. The first-order valence-corrected chi connectivity index (χ1v) is 9.26. The molecule has 6 nitrogen and oxygen atoms in total. The van der Waals surface area contributed by atoms with Gasteiger partial charge in [-0.2, -0.15) is 0 Å². The number of aromatic amines is 1. The molecule has 6 heteroatoms. The van der Waals surface area contributed by atoms with E-state index in [2.05, 4.69) is 34.7 Å². The lowest BCUT2D eigenvalue weighted by Crippen LogP contribution is -2.52. The molecule has 1 aliphatic heterocycles. The third-order valence-corrected chi connectivity index (χ3v) is 5.05. The number of aliphatic hydroxyl groups excluding tert-OH is 1. The first-order valence-electron chi connectivity index (χ1n) is 9.26. The molecule has 1 saturated heterocycles. The van der Waals surface area contributed by atoms with Crippen LogP contribution in [0.5, 0.6) is 0 Å². The zero-order chi connectivity index (χ0) is 17.8. The van der Waals surface area contributed by atoms with E-state index in [1.807, 2.05) is 13.0 Å². The van der Waals surface area contributed by atoms with Gasteiger partial charge >= 0.3 is 0 Å². The van der Waals surface area contributed by atoms with Crippen LogP contribution >= 0.6 is 0 Å². The molecule has 0 aromatic carbocycles. The summed E-state index contributed by atoms with van der Waals surface area (Å²) in [5.74, 6) is 3.02. The lowest BCUT2D eigenvalue weighted by Gasteiger charge is -2.41. The Labute approximate surface area is 149 Å². The molecule has 0 aliphatic carbocycles. The Balaban J connectivity index is 1.62. The molecule has 0 unspecified atom stereocenters. The van der Waals surface area contributed by atoms with Crippen molar-refractivity contribution in [2.75, 3.05) is 26.2 Å². The van der Waals surface area contributed by atoms with Gasteiger partial charge in [0.2, 0.25) is 0 Å². The molecule has 3 rings (SSSR count). The molecule has 2 aromatic rings. The number of hydrogen-bond acceptors (Lipinski definition) is 5. The first kappa shape index (κ1) is 18.2. The molecular formula is C19H30N4O2. The Morgan fingerprint density at radius 1 is 1.28 bits per heavy atom. The molecule has 1 atom stereocenters. The van der Waals surface area contributed by atoms with E-state index in [-0.39, 0.29) is 6.61 Å². The Bertz CT molecular complexity index is 679. The van der Waals surface area contributed by atoms with E-state index in [1.54, 1.807) is 0 Å². The van der Waals surface area contributed by atoms with Crippen LogP contribution in [0.25, 0.3) is 0 Å². The fourth-order valence-electron chi connectivity index (χ4n) is 3.60. The van der Waals surface area contributed by atoms with Gasteiger partial charge in [0.15, 0.2) is 0 Å². The molecular weight excluding hydrogens is 316 g/mol. The summed E-state index contributed by atoms with van der Waals surface area (Å²) in [6, 6.07) is 4.41. The van der Waals surface area contributed by atoms with Gasteiger partial charge in [0.1, 0.15) is 17.3 Å². The van der Waals surface area contributed by atoms with Gasteiger partial charge in [-0.1, -0.05) is 6.92 Å². The zero-order valence-electron chi connectivity index (χ0n) is 15.6. The van der Waals surface area contributed by atoms with Crippen molar-refractivity contribution in [3.63, 3.8) is 0 Å². The quantitative estimate of drug-likeness (QED) is 0.805. The highest BCUT2D eigenvalue weighted by Gasteiger charge is 2.28. The van der Waals surface area contributed by atoms with Crippen molar-refractivity contribution in [3.05, 3.63) is 40.9 Å². The lowest BCUT2D eigenvalue weighted by atomic mass is 10.1. The van der Waals surface area contributed by atoms with Crippen molar-refractivity contribution in [1.82, 2.24) is 19.8 Å². The molecule has 138 valence electrons. The highest BCUT2D eigenvalue weighted by atomic mass is 16.3. The normalized spacial score (nSPS) is 19.6. The molecule has 0 spiro atoms. The van der Waals surface area contributed by atoms with Crippen molar-refractivity contribution in [2.45, 2.75) is 52.7 Å². The topological polar surface area (TPSA) is 68.5 Å². The van der Waals surface area contributed by atoms with E-state index in [4.69, 9.17) is 9.40 Å². The van der Waals surface area contributed by atoms with Gasteiger partial charge in [0.25, 0.3) is 0 Å². The molecule has 0 bridgehead atoms. The Morgan fingerprint density at radius 2 is 2.12 bits per heavy atom. The zero-order valence-corrected chi connectivity index (χ0v) is 15.6. The minimum atomic E-state index is 0.216. The second-order valence-corrected chi connectivity index (χ2v) is 6.99. The van der Waals surface area contributed by atoms with Crippen LogP contribution in [0.4, 0.5) is 0 Å². The summed E-state index contributed by atoms with van der Waals surface area (Å²) in [4.78, 5) is 13.0. The van der Waals surface area contributed by atoms with Gasteiger partial charge in [-0.25, -0.2) is 4.98 Å². The maximum absolute atomic E-state index is 9.48. The molecule has 3 heterocycles. The summed E-state index contributed by atoms with van der Waals surface area (Å²) in [5.41, 5.74) is 2.32. The number of aryl methyl sites for hydroxylation is 3. The smallest absolute Gasteiger partial charge is 0.118 e. The third-order valence-electron chi connectivity index (χ3n) is 5.05. The summed E-state index contributed by atoms with van der Waals surface area (Å²) < 4.78 is 5.73. The van der Waals surface area contributed by atoms with Crippen molar-refractivity contribution < 1.29 is 9.52 Å². The number of piperazine rings is 1. The molecule has 0 amide bonds. The van der Waals surface area contributed by atoms with Gasteiger partial charge in [-0.3, -0.25) is 9.80 Å². The Morgan fingerprint density at radius 3 is 2.76 bits per heavy atom. The summed E-state index contributed by atoms with van der Waals surface area (Å²) in [7, 11) is 0. The standard InChI is InChI=1S/C19H30N4O2/c1-4-19-20-15(3)18(21-19)13-22-8-9-23(16(11-22)7-10-24)12-17-6-5-14(2)25-17/h5-6,16,24H,4,7-13H2,1-3H3,(H,20,21)/t16-/m1/s1. The molecule has 25 heavy (non-hydrogen) atoms. The molecule has 2 aromatic heterocycles. The number of aliphatic hydroxyl groups is 1. The van der Waals surface area contributed by atoms with Crippen molar-refractivity contribution in [2.24, 2.45) is 0 Å². The number of rotatable bonds is 7. The summed E-state index contributed by atoms with van der Waals surface area (Å²) in [5, 5.41) is 9.48. The van der Waals surface area contributed by atoms with Crippen LogP contribution in [-0.2, 0) is 19.5 Å². The summed E-state index contributed by atoms with van der Waals surface area (Å²) in [6.45, 7) is 11.0. The van der Waals surface area contributed by atoms with Gasteiger partial charge in [-0.05, 0) is 32.4 Å².